The molecule has 1 saturated carbocycles. The Labute approximate surface area is 189 Å². The van der Waals surface area contributed by atoms with Gasteiger partial charge >= 0.3 is 0 Å². The minimum absolute atomic E-state index is 0.0592. The number of halogens is 6. The fraction of sp³-hybridized carbons (Fsp3) is 0.211. The monoisotopic (exact) mass is 493 g/mol. The van der Waals surface area contributed by atoms with Crippen molar-refractivity contribution < 1.29 is 27.6 Å². The highest BCUT2D eigenvalue weighted by molar-refractivity contribution is 6.52. The first-order chi connectivity index (χ1) is 14.4. The Morgan fingerprint density at radius 1 is 0.968 bits per heavy atom. The highest BCUT2D eigenvalue weighted by Crippen LogP contribution is 2.53. The van der Waals surface area contributed by atoms with E-state index in [1.807, 2.05) is 5.32 Å². The van der Waals surface area contributed by atoms with Crippen LogP contribution in [-0.2, 0) is 9.59 Å². The summed E-state index contributed by atoms with van der Waals surface area (Å²) in [6.07, 6.45) is 0.273. The molecule has 1 aliphatic carbocycles. The van der Waals surface area contributed by atoms with Crippen molar-refractivity contribution in [3.8, 4) is 0 Å². The van der Waals surface area contributed by atoms with Crippen molar-refractivity contribution >= 4 is 69.6 Å². The van der Waals surface area contributed by atoms with Crippen molar-refractivity contribution in [2.24, 2.45) is 5.92 Å². The van der Waals surface area contributed by atoms with Gasteiger partial charge in [0, 0.05) is 12.6 Å². The summed E-state index contributed by atoms with van der Waals surface area (Å²) in [5.74, 6) is -7.98. The van der Waals surface area contributed by atoms with Crippen LogP contribution in [0.1, 0.15) is 23.7 Å². The van der Waals surface area contributed by atoms with E-state index in [0.717, 1.165) is 13.0 Å². The molecule has 0 unspecified atom stereocenters. The molecule has 31 heavy (non-hydrogen) atoms. The Balaban J connectivity index is 1.84. The highest BCUT2D eigenvalue weighted by Gasteiger charge is 2.56. The lowest BCUT2D eigenvalue weighted by Crippen LogP contribution is -2.19. The largest absolute Gasteiger partial charge is 0.326 e. The predicted molar refractivity (Wildman–Crippen MR) is 111 cm³/mol. The van der Waals surface area contributed by atoms with Crippen molar-refractivity contribution in [2.45, 2.75) is 17.7 Å². The number of amides is 3. The second-order valence-corrected chi connectivity index (χ2v) is 8.70. The molecule has 6 nitrogen and oxygen atoms in total. The van der Waals surface area contributed by atoms with E-state index in [1.165, 1.54) is 18.2 Å². The molecule has 0 bridgehead atoms. The molecular weight excluding hydrogens is 482 g/mol. The second kappa shape index (κ2) is 8.57. The van der Waals surface area contributed by atoms with Crippen LogP contribution in [0.4, 0.5) is 30.2 Å². The standard InChI is InChI=1S/C19H13Cl3F3N3O3/c1-7(29)26-12-5-13(15(24)16(25)14(12)23)28-17(30)9-4-8(2-3-11(9)20)27-18(31)10-6-19(10,21)22/h2-5,10H,6H2,1H3,(H,26,29)(H,27,31)(H,28,30)/t10-/m1/s1. The van der Waals surface area contributed by atoms with Crippen LogP contribution in [-0.4, -0.2) is 22.1 Å². The molecule has 0 radical (unpaired) electrons. The maximum Gasteiger partial charge on any atom is 0.257 e. The fourth-order valence-electron chi connectivity index (χ4n) is 2.67. The van der Waals surface area contributed by atoms with E-state index in [0.29, 0.717) is 0 Å². The summed E-state index contributed by atoms with van der Waals surface area (Å²) in [6.45, 7) is 1.04. The van der Waals surface area contributed by atoms with Gasteiger partial charge in [-0.1, -0.05) is 11.6 Å². The summed E-state index contributed by atoms with van der Waals surface area (Å²) in [6, 6.07) is 4.64. The van der Waals surface area contributed by atoms with Crippen molar-refractivity contribution in [1.82, 2.24) is 0 Å². The summed E-state index contributed by atoms with van der Waals surface area (Å²) < 4.78 is 40.6. The summed E-state index contributed by atoms with van der Waals surface area (Å²) in [7, 11) is 0. The number of anilines is 3. The van der Waals surface area contributed by atoms with Gasteiger partial charge in [-0.3, -0.25) is 14.4 Å². The molecule has 2 aromatic carbocycles. The van der Waals surface area contributed by atoms with Crippen LogP contribution in [0.25, 0.3) is 0 Å². The Kier molecular flexibility index (Phi) is 6.40. The first kappa shape index (κ1) is 23.2. The summed E-state index contributed by atoms with van der Waals surface area (Å²) in [5, 5.41) is 6.53. The minimum Gasteiger partial charge on any atom is -0.326 e. The third-order valence-electron chi connectivity index (χ3n) is 4.33. The van der Waals surface area contributed by atoms with Crippen molar-refractivity contribution in [3.05, 3.63) is 52.3 Å². The maximum atomic E-state index is 14.1. The quantitative estimate of drug-likeness (QED) is 0.399. The predicted octanol–water partition coefficient (Wildman–Crippen LogP) is 5.10. The van der Waals surface area contributed by atoms with E-state index in [4.69, 9.17) is 34.8 Å². The van der Waals surface area contributed by atoms with Crippen LogP contribution in [0.5, 0.6) is 0 Å². The molecule has 0 aromatic heterocycles. The number of alkyl halides is 2. The van der Waals surface area contributed by atoms with Crippen LogP contribution in [0, 0.1) is 23.4 Å². The smallest absolute Gasteiger partial charge is 0.257 e. The maximum absolute atomic E-state index is 14.1. The Bertz CT molecular complexity index is 1110. The van der Waals surface area contributed by atoms with Gasteiger partial charge in [0.05, 0.1) is 27.9 Å². The molecular formula is C19H13Cl3F3N3O3. The molecule has 1 atom stereocenters. The number of nitrogens with one attached hydrogen (secondary N) is 3. The highest BCUT2D eigenvalue weighted by atomic mass is 35.5. The van der Waals surface area contributed by atoms with E-state index in [1.54, 1.807) is 0 Å². The zero-order valence-corrected chi connectivity index (χ0v) is 17.9. The van der Waals surface area contributed by atoms with Crippen LogP contribution in [0.2, 0.25) is 5.02 Å². The lowest BCUT2D eigenvalue weighted by Gasteiger charge is -2.13. The van der Waals surface area contributed by atoms with Gasteiger partial charge in [0.15, 0.2) is 17.5 Å². The Morgan fingerprint density at radius 2 is 1.55 bits per heavy atom. The normalized spacial score (nSPS) is 16.4. The van der Waals surface area contributed by atoms with Crippen molar-refractivity contribution in [2.75, 3.05) is 16.0 Å². The third kappa shape index (κ3) is 5.06. The van der Waals surface area contributed by atoms with Gasteiger partial charge < -0.3 is 16.0 Å². The van der Waals surface area contributed by atoms with E-state index >= 15 is 0 Å². The third-order valence-corrected chi connectivity index (χ3v) is 5.49. The second-order valence-electron chi connectivity index (χ2n) is 6.75. The minimum atomic E-state index is -1.89. The van der Waals surface area contributed by atoms with Gasteiger partial charge in [-0.15, -0.1) is 23.2 Å². The SMILES string of the molecule is CC(=O)Nc1cc(NC(=O)c2cc(NC(=O)[C@H]3CC3(Cl)Cl)ccc2Cl)c(F)c(F)c1F. The van der Waals surface area contributed by atoms with Gasteiger partial charge in [-0.2, -0.15) is 0 Å². The van der Waals surface area contributed by atoms with Crippen LogP contribution >= 0.6 is 34.8 Å². The fourth-order valence-corrected chi connectivity index (χ4v) is 3.38. The number of carbonyl (C=O) groups is 3. The molecule has 1 aliphatic rings. The van der Waals surface area contributed by atoms with E-state index in [9.17, 15) is 27.6 Å². The first-order valence-electron chi connectivity index (χ1n) is 8.65. The lowest BCUT2D eigenvalue weighted by atomic mass is 10.1. The molecule has 164 valence electrons. The van der Waals surface area contributed by atoms with Crippen molar-refractivity contribution in [3.63, 3.8) is 0 Å². The van der Waals surface area contributed by atoms with Gasteiger partial charge in [-0.25, -0.2) is 13.2 Å². The summed E-state index contributed by atoms with van der Waals surface area (Å²) in [5.41, 5.74) is -1.40. The van der Waals surface area contributed by atoms with Crippen molar-refractivity contribution in [1.29, 1.82) is 0 Å². The molecule has 3 rings (SSSR count). The summed E-state index contributed by atoms with van der Waals surface area (Å²) >= 11 is 17.7. The Morgan fingerprint density at radius 3 is 2.10 bits per heavy atom. The average Bonchev–Trinajstić information content (AvgIpc) is 3.33. The van der Waals surface area contributed by atoms with E-state index < -0.39 is 56.8 Å². The number of benzene rings is 2. The van der Waals surface area contributed by atoms with Gasteiger partial charge in [-0.05, 0) is 30.7 Å². The van der Waals surface area contributed by atoms with Gasteiger partial charge in [0.25, 0.3) is 5.91 Å². The average molecular weight is 495 g/mol. The van der Waals surface area contributed by atoms with E-state index in [-0.39, 0.29) is 22.7 Å². The first-order valence-corrected chi connectivity index (χ1v) is 9.78. The van der Waals surface area contributed by atoms with Gasteiger partial charge in [0.2, 0.25) is 11.8 Å². The molecule has 0 heterocycles. The van der Waals surface area contributed by atoms with Crippen LogP contribution in [0.3, 0.4) is 0 Å². The molecule has 0 aliphatic heterocycles. The summed E-state index contributed by atoms with van der Waals surface area (Å²) in [4.78, 5) is 35.8. The molecule has 3 amide bonds. The molecule has 0 saturated heterocycles. The lowest BCUT2D eigenvalue weighted by molar-refractivity contribution is -0.117. The van der Waals surface area contributed by atoms with Gasteiger partial charge in [0.1, 0.15) is 4.33 Å². The van der Waals surface area contributed by atoms with Crippen LogP contribution in [0.15, 0.2) is 24.3 Å². The molecule has 2 aromatic rings. The van der Waals surface area contributed by atoms with Crippen LogP contribution < -0.4 is 16.0 Å². The molecule has 12 heteroatoms. The molecule has 0 spiro atoms. The molecule has 3 N–H and O–H groups in total. The zero-order valence-electron chi connectivity index (χ0n) is 15.6. The number of hydrogen-bond acceptors (Lipinski definition) is 3. The number of hydrogen-bond donors (Lipinski definition) is 3. The van der Waals surface area contributed by atoms with E-state index in [2.05, 4.69) is 10.6 Å². The topological polar surface area (TPSA) is 87.3 Å². The Hall–Kier alpha value is -2.49. The molecule has 1 fully saturated rings. The zero-order chi connectivity index (χ0) is 23.1. The number of carbonyl (C=O) groups excluding carboxylic acids is 3. The number of rotatable bonds is 5.